The fourth-order valence-electron chi connectivity index (χ4n) is 2.20. The third kappa shape index (κ3) is 1.69. The van der Waals surface area contributed by atoms with E-state index in [0.29, 0.717) is 25.1 Å². The van der Waals surface area contributed by atoms with Crippen LogP contribution >= 0.6 is 0 Å². The fraction of sp³-hybridized carbons (Fsp3) is 0.889. The summed E-state index contributed by atoms with van der Waals surface area (Å²) in [6.45, 7) is 2.41. The third-order valence-electron chi connectivity index (χ3n) is 2.90. The quantitative estimate of drug-likeness (QED) is 0.648. The van der Waals surface area contributed by atoms with Gasteiger partial charge in [0.25, 0.3) is 0 Å². The summed E-state index contributed by atoms with van der Waals surface area (Å²) in [6, 6.07) is 1.01. The average Bonchev–Trinajstić information content (AvgIpc) is 2.74. The predicted molar refractivity (Wildman–Crippen MR) is 48.4 cm³/mol. The van der Waals surface area contributed by atoms with Crippen LogP contribution in [0.25, 0.3) is 0 Å². The minimum atomic E-state index is 0.246. The van der Waals surface area contributed by atoms with Gasteiger partial charge in [-0.05, 0) is 6.42 Å². The van der Waals surface area contributed by atoms with Crippen molar-refractivity contribution in [1.82, 2.24) is 10.2 Å². The summed E-state index contributed by atoms with van der Waals surface area (Å²) < 4.78 is 4.89. The Morgan fingerprint density at radius 2 is 2.54 bits per heavy atom. The number of carbonyl (C=O) groups excluding carboxylic acids is 1. The van der Waals surface area contributed by atoms with Crippen LogP contribution in [-0.2, 0) is 9.53 Å². The van der Waals surface area contributed by atoms with Crippen LogP contribution in [-0.4, -0.2) is 49.7 Å². The van der Waals surface area contributed by atoms with Gasteiger partial charge in [0.15, 0.2) is 0 Å². The average molecular weight is 184 g/mol. The molecule has 2 aliphatic rings. The largest absolute Gasteiger partial charge is 0.384 e. The molecule has 2 fully saturated rings. The fourth-order valence-corrected chi connectivity index (χ4v) is 2.20. The molecule has 0 aromatic carbocycles. The van der Waals surface area contributed by atoms with E-state index in [0.717, 1.165) is 19.5 Å². The molecule has 4 nitrogen and oxygen atoms in total. The Labute approximate surface area is 78.2 Å². The van der Waals surface area contributed by atoms with Gasteiger partial charge >= 0.3 is 0 Å². The Balaban J connectivity index is 1.84. The van der Waals surface area contributed by atoms with Gasteiger partial charge < -0.3 is 15.0 Å². The molecule has 0 aromatic rings. The monoisotopic (exact) mass is 184 g/mol. The minimum absolute atomic E-state index is 0.246. The van der Waals surface area contributed by atoms with Crippen LogP contribution in [0, 0.1) is 0 Å². The van der Waals surface area contributed by atoms with E-state index in [1.165, 1.54) is 0 Å². The van der Waals surface area contributed by atoms with Crippen LogP contribution in [0.15, 0.2) is 0 Å². The second kappa shape index (κ2) is 3.64. The summed E-state index contributed by atoms with van der Waals surface area (Å²) in [7, 11) is 1.63. The zero-order chi connectivity index (χ0) is 9.26. The van der Waals surface area contributed by atoms with Gasteiger partial charge in [0.05, 0.1) is 13.0 Å². The molecule has 0 spiro atoms. The number of hydrogen-bond acceptors (Lipinski definition) is 3. The topological polar surface area (TPSA) is 41.6 Å². The van der Waals surface area contributed by atoms with Crippen LogP contribution < -0.4 is 5.32 Å². The van der Waals surface area contributed by atoms with Gasteiger partial charge in [-0.15, -0.1) is 0 Å². The van der Waals surface area contributed by atoms with Gasteiger partial charge in [-0.1, -0.05) is 0 Å². The number of carbonyl (C=O) groups is 1. The van der Waals surface area contributed by atoms with E-state index in [1.54, 1.807) is 7.11 Å². The first-order valence-corrected chi connectivity index (χ1v) is 4.83. The summed E-state index contributed by atoms with van der Waals surface area (Å²) in [5.74, 6) is 0.246. The molecule has 0 saturated carbocycles. The summed E-state index contributed by atoms with van der Waals surface area (Å²) in [5, 5.41) is 3.37. The Morgan fingerprint density at radius 1 is 1.69 bits per heavy atom. The number of likely N-dealkylation sites (tertiary alicyclic amines) is 1. The number of rotatable bonds is 3. The lowest BCUT2D eigenvalue weighted by molar-refractivity contribution is -0.133. The van der Waals surface area contributed by atoms with E-state index in [2.05, 4.69) is 5.32 Å². The molecule has 2 bridgehead atoms. The summed E-state index contributed by atoms with van der Waals surface area (Å²) in [4.78, 5) is 13.6. The van der Waals surface area contributed by atoms with Crippen LogP contribution in [0.3, 0.4) is 0 Å². The molecule has 13 heavy (non-hydrogen) atoms. The Hall–Kier alpha value is -0.610. The number of hydrogen-bond donors (Lipinski definition) is 1. The molecule has 0 aromatic heterocycles. The molecular formula is C9H16N2O2. The summed E-state index contributed by atoms with van der Waals surface area (Å²) in [5.41, 5.74) is 0. The summed E-state index contributed by atoms with van der Waals surface area (Å²) in [6.07, 6.45) is 1.67. The van der Waals surface area contributed by atoms with Crippen molar-refractivity contribution in [2.24, 2.45) is 0 Å². The smallest absolute Gasteiger partial charge is 0.225 e. The molecule has 4 heteroatoms. The van der Waals surface area contributed by atoms with Crippen molar-refractivity contribution in [3.63, 3.8) is 0 Å². The number of methoxy groups -OCH3 is 1. The molecule has 2 heterocycles. The lowest BCUT2D eigenvalue weighted by atomic mass is 10.2. The van der Waals surface area contributed by atoms with Crippen molar-refractivity contribution in [3.05, 3.63) is 0 Å². The number of nitrogens with one attached hydrogen (secondary N) is 1. The van der Waals surface area contributed by atoms with Gasteiger partial charge in [-0.25, -0.2) is 0 Å². The SMILES string of the molecule is COCCC(=O)N1C[C@@H]2C[C@H]1CN2. The Morgan fingerprint density at radius 3 is 3.08 bits per heavy atom. The maximum atomic E-state index is 11.6. The van der Waals surface area contributed by atoms with Crippen molar-refractivity contribution < 1.29 is 9.53 Å². The van der Waals surface area contributed by atoms with Crippen LogP contribution in [0.2, 0.25) is 0 Å². The molecule has 0 aliphatic carbocycles. The van der Waals surface area contributed by atoms with Crippen molar-refractivity contribution in [2.45, 2.75) is 24.9 Å². The van der Waals surface area contributed by atoms with E-state index in [1.807, 2.05) is 4.90 Å². The van der Waals surface area contributed by atoms with Crippen molar-refractivity contribution in [3.8, 4) is 0 Å². The van der Waals surface area contributed by atoms with E-state index in [-0.39, 0.29) is 5.91 Å². The maximum Gasteiger partial charge on any atom is 0.225 e. The van der Waals surface area contributed by atoms with Crippen molar-refractivity contribution >= 4 is 5.91 Å². The molecule has 2 atom stereocenters. The van der Waals surface area contributed by atoms with E-state index in [4.69, 9.17) is 4.74 Å². The van der Waals surface area contributed by atoms with E-state index < -0.39 is 0 Å². The van der Waals surface area contributed by atoms with Gasteiger partial charge in [0.1, 0.15) is 0 Å². The number of piperazine rings is 1. The van der Waals surface area contributed by atoms with Crippen LogP contribution in [0.4, 0.5) is 0 Å². The molecule has 2 rings (SSSR count). The van der Waals surface area contributed by atoms with Gasteiger partial charge in [0, 0.05) is 32.3 Å². The molecule has 2 aliphatic heterocycles. The molecule has 0 radical (unpaired) electrons. The van der Waals surface area contributed by atoms with E-state index in [9.17, 15) is 4.79 Å². The highest BCUT2D eigenvalue weighted by atomic mass is 16.5. The Bertz CT molecular complexity index is 208. The number of fused-ring (bicyclic) bond motifs is 2. The highest BCUT2D eigenvalue weighted by Crippen LogP contribution is 2.23. The van der Waals surface area contributed by atoms with Gasteiger partial charge in [-0.2, -0.15) is 0 Å². The minimum Gasteiger partial charge on any atom is -0.384 e. The molecule has 0 unspecified atom stereocenters. The van der Waals surface area contributed by atoms with Gasteiger partial charge in [-0.3, -0.25) is 4.79 Å². The van der Waals surface area contributed by atoms with Crippen LogP contribution in [0.1, 0.15) is 12.8 Å². The van der Waals surface area contributed by atoms with Crippen molar-refractivity contribution in [2.75, 3.05) is 26.8 Å². The number of ether oxygens (including phenoxy) is 1. The first kappa shape index (κ1) is 8.97. The van der Waals surface area contributed by atoms with Crippen molar-refractivity contribution in [1.29, 1.82) is 0 Å². The standard InChI is InChI=1S/C9H16N2O2/c1-13-3-2-9(12)11-6-7-4-8(11)5-10-7/h7-8,10H,2-6H2,1H3/t7-,8-/m0/s1. The Kier molecular flexibility index (Phi) is 2.51. The molecule has 1 amide bonds. The van der Waals surface area contributed by atoms with Gasteiger partial charge in [0.2, 0.25) is 5.91 Å². The third-order valence-corrected chi connectivity index (χ3v) is 2.90. The number of nitrogens with zero attached hydrogens (tertiary/aromatic N) is 1. The summed E-state index contributed by atoms with van der Waals surface area (Å²) >= 11 is 0. The lowest BCUT2D eigenvalue weighted by Gasteiger charge is -2.27. The normalized spacial score (nSPS) is 31.3. The molecule has 74 valence electrons. The zero-order valence-corrected chi connectivity index (χ0v) is 7.95. The first-order chi connectivity index (χ1) is 6.31. The first-order valence-electron chi connectivity index (χ1n) is 4.83. The second-order valence-corrected chi connectivity index (χ2v) is 3.78. The number of amides is 1. The zero-order valence-electron chi connectivity index (χ0n) is 7.95. The highest BCUT2D eigenvalue weighted by molar-refractivity contribution is 5.77. The lowest BCUT2D eigenvalue weighted by Crippen LogP contribution is -2.46. The van der Waals surface area contributed by atoms with E-state index >= 15 is 0 Å². The molecular weight excluding hydrogens is 168 g/mol. The highest BCUT2D eigenvalue weighted by Gasteiger charge is 2.39. The maximum absolute atomic E-state index is 11.6. The second-order valence-electron chi connectivity index (χ2n) is 3.78. The predicted octanol–water partition coefficient (Wildman–Crippen LogP) is -0.404. The molecule has 2 saturated heterocycles. The van der Waals surface area contributed by atoms with Crippen LogP contribution in [0.5, 0.6) is 0 Å². The molecule has 1 N–H and O–H groups in total.